The van der Waals surface area contributed by atoms with Crippen LogP contribution in [0.5, 0.6) is 0 Å². The van der Waals surface area contributed by atoms with Crippen molar-refractivity contribution in [3.05, 3.63) is 35.5 Å². The van der Waals surface area contributed by atoms with Crippen LogP contribution < -0.4 is 5.32 Å². The summed E-state index contributed by atoms with van der Waals surface area (Å²) >= 11 is 0. The van der Waals surface area contributed by atoms with E-state index in [4.69, 9.17) is 4.52 Å². The van der Waals surface area contributed by atoms with E-state index in [9.17, 15) is 0 Å². The van der Waals surface area contributed by atoms with Crippen molar-refractivity contribution < 1.29 is 4.52 Å². The van der Waals surface area contributed by atoms with Crippen LogP contribution >= 0.6 is 0 Å². The van der Waals surface area contributed by atoms with E-state index in [-0.39, 0.29) is 0 Å². The smallest absolute Gasteiger partial charge is 0.194 e. The lowest BCUT2D eigenvalue weighted by atomic mass is 9.99. The summed E-state index contributed by atoms with van der Waals surface area (Å²) in [4.78, 5) is 6.74. The highest BCUT2D eigenvalue weighted by Gasteiger charge is 2.27. The number of nitrogens with zero attached hydrogens (tertiary/aromatic N) is 5. The summed E-state index contributed by atoms with van der Waals surface area (Å²) in [5.74, 6) is 2.76. The zero-order valence-electron chi connectivity index (χ0n) is 16.3. The predicted octanol–water partition coefficient (Wildman–Crippen LogP) is 2.88. The molecule has 1 atom stereocenters. The molecule has 0 amide bonds. The van der Waals surface area contributed by atoms with Crippen LogP contribution in [0.4, 0.5) is 0 Å². The molecule has 1 aliphatic rings. The molecule has 1 aliphatic heterocycles. The Balaban J connectivity index is 1.55. The number of guanidine groups is 1. The SMILES string of the molecule is CCC(CC)c1cc(CNC(=NC)N2CCC(c3cnn(C)c3)C2)on1. The molecule has 7 heteroatoms. The van der Waals surface area contributed by atoms with Gasteiger partial charge in [0, 0.05) is 51.3 Å². The Kier molecular flexibility index (Phi) is 5.96. The first-order valence-corrected chi connectivity index (χ1v) is 9.54. The zero-order valence-corrected chi connectivity index (χ0v) is 16.3. The van der Waals surface area contributed by atoms with Gasteiger partial charge in [0.15, 0.2) is 11.7 Å². The van der Waals surface area contributed by atoms with Gasteiger partial charge >= 0.3 is 0 Å². The van der Waals surface area contributed by atoms with Gasteiger partial charge in [-0.2, -0.15) is 5.10 Å². The summed E-state index contributed by atoms with van der Waals surface area (Å²) in [6, 6.07) is 2.07. The number of aryl methyl sites for hydroxylation is 1. The molecule has 7 nitrogen and oxygen atoms in total. The zero-order chi connectivity index (χ0) is 18.5. The van der Waals surface area contributed by atoms with Crippen molar-refractivity contribution in [2.75, 3.05) is 20.1 Å². The number of hydrogen-bond acceptors (Lipinski definition) is 4. The van der Waals surface area contributed by atoms with E-state index < -0.39 is 0 Å². The van der Waals surface area contributed by atoms with Gasteiger partial charge in [0.25, 0.3) is 0 Å². The predicted molar refractivity (Wildman–Crippen MR) is 102 cm³/mol. The molecule has 0 bridgehead atoms. The van der Waals surface area contributed by atoms with Crippen molar-refractivity contribution in [3.63, 3.8) is 0 Å². The summed E-state index contributed by atoms with van der Waals surface area (Å²) < 4.78 is 7.37. The third-order valence-electron chi connectivity index (χ3n) is 5.30. The van der Waals surface area contributed by atoms with Gasteiger partial charge in [-0.25, -0.2) is 0 Å². The Hall–Kier alpha value is -2.31. The fraction of sp³-hybridized carbons (Fsp3) is 0.632. The van der Waals surface area contributed by atoms with Crippen molar-refractivity contribution in [3.8, 4) is 0 Å². The Labute approximate surface area is 155 Å². The minimum absolute atomic E-state index is 0.477. The van der Waals surface area contributed by atoms with E-state index >= 15 is 0 Å². The maximum Gasteiger partial charge on any atom is 0.194 e. The van der Waals surface area contributed by atoms with Crippen molar-refractivity contribution in [2.45, 2.75) is 51.5 Å². The largest absolute Gasteiger partial charge is 0.359 e. The van der Waals surface area contributed by atoms with Gasteiger partial charge in [-0.05, 0) is 24.8 Å². The molecule has 0 aliphatic carbocycles. The van der Waals surface area contributed by atoms with Crippen LogP contribution in [0.1, 0.15) is 62.0 Å². The molecule has 2 aromatic rings. The summed E-state index contributed by atoms with van der Waals surface area (Å²) in [6.07, 6.45) is 7.37. The molecular formula is C19H30N6O. The van der Waals surface area contributed by atoms with E-state index in [0.717, 1.165) is 49.8 Å². The van der Waals surface area contributed by atoms with E-state index in [1.54, 1.807) is 0 Å². The summed E-state index contributed by atoms with van der Waals surface area (Å²) in [7, 11) is 3.79. The van der Waals surface area contributed by atoms with Crippen LogP contribution in [0, 0.1) is 0 Å². The second-order valence-corrected chi connectivity index (χ2v) is 7.01. The normalized spacial score (nSPS) is 18.1. The van der Waals surface area contributed by atoms with Crippen molar-refractivity contribution in [2.24, 2.45) is 12.0 Å². The molecule has 142 valence electrons. The van der Waals surface area contributed by atoms with Crippen LogP contribution in [0.2, 0.25) is 0 Å². The number of aliphatic imine (C=N–C) groups is 1. The molecule has 0 radical (unpaired) electrons. The summed E-state index contributed by atoms with van der Waals surface area (Å²) in [5.41, 5.74) is 2.36. The highest BCUT2D eigenvalue weighted by molar-refractivity contribution is 5.80. The van der Waals surface area contributed by atoms with Gasteiger partial charge < -0.3 is 14.7 Å². The minimum Gasteiger partial charge on any atom is -0.359 e. The standard InChI is InChI=1S/C19H30N6O/c1-5-14(6-2)18-9-17(26-23-18)11-21-19(20-3)25-8-7-15(13-25)16-10-22-24(4)12-16/h9-10,12,14-15H,5-8,11,13H2,1-4H3,(H,20,21). The highest BCUT2D eigenvalue weighted by atomic mass is 16.5. The van der Waals surface area contributed by atoms with E-state index in [0.29, 0.717) is 18.4 Å². The van der Waals surface area contributed by atoms with E-state index in [2.05, 4.69) is 51.6 Å². The second kappa shape index (κ2) is 8.38. The van der Waals surface area contributed by atoms with Gasteiger partial charge in [0.1, 0.15) is 0 Å². The van der Waals surface area contributed by atoms with E-state index in [1.165, 1.54) is 5.56 Å². The molecular weight excluding hydrogens is 328 g/mol. The third-order valence-corrected chi connectivity index (χ3v) is 5.30. The fourth-order valence-electron chi connectivity index (χ4n) is 3.69. The molecule has 1 N–H and O–H groups in total. The monoisotopic (exact) mass is 358 g/mol. The van der Waals surface area contributed by atoms with Gasteiger partial charge in [-0.3, -0.25) is 9.67 Å². The average molecular weight is 358 g/mol. The quantitative estimate of drug-likeness (QED) is 0.635. The number of likely N-dealkylation sites (tertiary alicyclic amines) is 1. The lowest BCUT2D eigenvalue weighted by Crippen LogP contribution is -2.39. The van der Waals surface area contributed by atoms with Crippen LogP contribution in [0.25, 0.3) is 0 Å². The second-order valence-electron chi connectivity index (χ2n) is 7.01. The van der Waals surface area contributed by atoms with Gasteiger partial charge in [-0.1, -0.05) is 19.0 Å². The topological polar surface area (TPSA) is 71.5 Å². The van der Waals surface area contributed by atoms with Crippen LogP contribution in [0.3, 0.4) is 0 Å². The molecule has 2 aromatic heterocycles. The van der Waals surface area contributed by atoms with Gasteiger partial charge in [-0.15, -0.1) is 0 Å². The molecule has 3 heterocycles. The third kappa shape index (κ3) is 4.08. The van der Waals surface area contributed by atoms with Gasteiger partial charge in [0.05, 0.1) is 18.4 Å². The Morgan fingerprint density at radius 3 is 2.88 bits per heavy atom. The van der Waals surface area contributed by atoms with Crippen molar-refractivity contribution >= 4 is 5.96 Å². The maximum atomic E-state index is 5.50. The summed E-state index contributed by atoms with van der Waals surface area (Å²) in [6.45, 7) is 6.94. The first-order valence-electron chi connectivity index (χ1n) is 9.54. The molecule has 1 unspecified atom stereocenters. The molecule has 0 spiro atoms. The van der Waals surface area contributed by atoms with Crippen LogP contribution in [0.15, 0.2) is 28.0 Å². The lowest BCUT2D eigenvalue weighted by molar-refractivity contribution is 0.365. The Bertz CT molecular complexity index is 730. The highest BCUT2D eigenvalue weighted by Crippen LogP contribution is 2.27. The number of hydrogen-bond donors (Lipinski definition) is 1. The van der Waals surface area contributed by atoms with E-state index in [1.807, 2.05) is 25.0 Å². The van der Waals surface area contributed by atoms with Gasteiger partial charge in [0.2, 0.25) is 0 Å². The maximum absolute atomic E-state index is 5.50. The summed E-state index contributed by atoms with van der Waals surface area (Å²) in [5, 5.41) is 11.9. The number of aromatic nitrogens is 3. The van der Waals surface area contributed by atoms with Crippen molar-refractivity contribution in [1.29, 1.82) is 0 Å². The molecule has 0 aromatic carbocycles. The minimum atomic E-state index is 0.477. The first kappa shape index (κ1) is 18.5. The number of rotatable bonds is 6. The Morgan fingerprint density at radius 2 is 2.23 bits per heavy atom. The molecule has 3 rings (SSSR count). The van der Waals surface area contributed by atoms with Crippen LogP contribution in [-0.2, 0) is 13.6 Å². The molecule has 1 fully saturated rings. The first-order chi connectivity index (χ1) is 12.6. The van der Waals surface area contributed by atoms with Crippen molar-refractivity contribution in [1.82, 2.24) is 25.2 Å². The van der Waals surface area contributed by atoms with Crippen LogP contribution in [-0.4, -0.2) is 45.9 Å². The molecule has 1 saturated heterocycles. The average Bonchev–Trinajstić information content (AvgIpc) is 3.38. The Morgan fingerprint density at radius 1 is 1.42 bits per heavy atom. The fourth-order valence-corrected chi connectivity index (χ4v) is 3.69. The number of nitrogens with one attached hydrogen (secondary N) is 1. The molecule has 0 saturated carbocycles. The lowest BCUT2D eigenvalue weighted by Gasteiger charge is -2.21. The molecule has 26 heavy (non-hydrogen) atoms.